The summed E-state index contributed by atoms with van der Waals surface area (Å²) >= 11 is 0. The van der Waals surface area contributed by atoms with Crippen LogP contribution in [0.25, 0.3) is 0 Å². The zero-order valence-corrected chi connectivity index (χ0v) is 34.6. The Kier molecular flexibility index (Phi) is 34.1. The van der Waals surface area contributed by atoms with E-state index in [0.717, 1.165) is 83.5 Å². The van der Waals surface area contributed by atoms with Gasteiger partial charge in [0.1, 0.15) is 12.6 Å². The fourth-order valence-corrected chi connectivity index (χ4v) is 5.32. The third kappa shape index (κ3) is 34.3. The minimum absolute atomic E-state index is 0.0113. The molecule has 0 aromatic heterocycles. The summed E-state index contributed by atoms with van der Waals surface area (Å²) in [7, 11) is 5.36. The van der Waals surface area contributed by atoms with Gasteiger partial charge in [-0.3, -0.25) is 9.59 Å². The van der Waals surface area contributed by atoms with Crippen LogP contribution in [-0.2, 0) is 28.6 Å². The first-order chi connectivity index (χ1) is 26.1. The molecule has 0 radical (unpaired) electrons. The van der Waals surface area contributed by atoms with Crippen molar-refractivity contribution in [1.82, 2.24) is 0 Å². The van der Waals surface area contributed by atoms with Crippen molar-refractivity contribution in [2.45, 2.75) is 148 Å². The van der Waals surface area contributed by atoms with E-state index in [1.54, 1.807) is 21.1 Å². The predicted octanol–water partition coefficient (Wildman–Crippen LogP) is 9.63. The Morgan fingerprint density at radius 3 is 1.61 bits per heavy atom. The number of unbranched alkanes of at least 4 members (excludes halogenated alkanes) is 7. The Morgan fingerprint density at radius 2 is 1.07 bits per heavy atom. The summed E-state index contributed by atoms with van der Waals surface area (Å²) in [4.78, 5) is 36.5. The molecule has 0 saturated heterocycles. The molecule has 0 N–H and O–H groups in total. The first-order valence-electron chi connectivity index (χ1n) is 20.6. The molecule has 0 aromatic rings. The Hall–Kier alpha value is -3.49. The van der Waals surface area contributed by atoms with Crippen LogP contribution in [0.3, 0.4) is 0 Å². The number of quaternary nitrogens is 1. The summed E-state index contributed by atoms with van der Waals surface area (Å²) in [5.74, 6) is -1.85. The summed E-state index contributed by atoms with van der Waals surface area (Å²) < 4.78 is 17.0. The minimum atomic E-state index is -1.14. The molecule has 0 saturated carbocycles. The van der Waals surface area contributed by atoms with Gasteiger partial charge in [-0.05, 0) is 77.0 Å². The van der Waals surface area contributed by atoms with E-state index in [2.05, 4.69) is 92.8 Å². The second kappa shape index (κ2) is 36.5. The van der Waals surface area contributed by atoms with Crippen molar-refractivity contribution in [3.05, 3.63) is 85.1 Å². The van der Waals surface area contributed by atoms with Crippen LogP contribution in [0.1, 0.15) is 136 Å². The molecule has 0 amide bonds. The van der Waals surface area contributed by atoms with Gasteiger partial charge < -0.3 is 28.6 Å². The Morgan fingerprint density at radius 1 is 0.574 bits per heavy atom. The molecule has 8 nitrogen and oxygen atoms in total. The summed E-state index contributed by atoms with van der Waals surface area (Å²) in [6.45, 7) is 4.38. The third-order valence-electron chi connectivity index (χ3n) is 8.53. The molecule has 2 atom stereocenters. The van der Waals surface area contributed by atoms with Crippen LogP contribution in [-0.4, -0.2) is 75.5 Å². The van der Waals surface area contributed by atoms with Gasteiger partial charge in [-0.25, -0.2) is 0 Å². The third-order valence-corrected chi connectivity index (χ3v) is 8.53. The number of nitrogens with zero attached hydrogens (tertiary/aromatic N) is 1. The highest BCUT2D eigenvalue weighted by atomic mass is 16.6. The molecule has 8 heteroatoms. The SMILES string of the molecule is CC/C=C/C/C=C/C/C=C/C/C=C/C/C=C/C/C=C/CCCCCCC(=O)OCC(COCCC(C(=O)[O-])[N+](C)(C)C)OC(=O)CC/C=C/CCCCC. The lowest BCUT2D eigenvalue weighted by Gasteiger charge is -2.34. The quantitative estimate of drug-likeness (QED) is 0.0275. The maximum atomic E-state index is 12.5. The molecule has 54 heavy (non-hydrogen) atoms. The number of aliphatic carboxylic acids is 1. The topological polar surface area (TPSA) is 102 Å². The molecular formula is C46H75NO7. The number of esters is 2. The number of likely N-dealkylation sites (N-methyl/N-ethyl adjacent to an activating group) is 1. The van der Waals surface area contributed by atoms with Crippen molar-refractivity contribution in [2.75, 3.05) is 41.0 Å². The van der Waals surface area contributed by atoms with E-state index in [1.165, 1.54) is 12.8 Å². The molecular weight excluding hydrogens is 679 g/mol. The number of hydrogen-bond acceptors (Lipinski definition) is 7. The number of carbonyl (C=O) groups is 3. The Labute approximate surface area is 329 Å². The van der Waals surface area contributed by atoms with Crippen LogP contribution < -0.4 is 5.11 Å². The minimum Gasteiger partial charge on any atom is -0.544 e. The van der Waals surface area contributed by atoms with Gasteiger partial charge in [-0.15, -0.1) is 0 Å². The van der Waals surface area contributed by atoms with Gasteiger partial charge in [0.25, 0.3) is 0 Å². The van der Waals surface area contributed by atoms with E-state index >= 15 is 0 Å². The molecule has 2 unspecified atom stereocenters. The van der Waals surface area contributed by atoms with Crippen LogP contribution in [0.2, 0.25) is 0 Å². The number of carboxylic acids is 1. The van der Waals surface area contributed by atoms with E-state index in [9.17, 15) is 19.5 Å². The lowest BCUT2D eigenvalue weighted by Crippen LogP contribution is -2.55. The average Bonchev–Trinajstić information content (AvgIpc) is 3.12. The number of hydrogen-bond donors (Lipinski definition) is 0. The number of carbonyl (C=O) groups excluding carboxylic acids is 3. The maximum absolute atomic E-state index is 12.5. The van der Waals surface area contributed by atoms with Crippen molar-refractivity contribution in [3.63, 3.8) is 0 Å². The van der Waals surface area contributed by atoms with Crippen LogP contribution in [0.15, 0.2) is 85.1 Å². The highest BCUT2D eigenvalue weighted by molar-refractivity contribution is 5.70. The normalized spacial score (nSPS) is 13.9. The lowest BCUT2D eigenvalue weighted by molar-refractivity contribution is -0.889. The van der Waals surface area contributed by atoms with Crippen molar-refractivity contribution < 1.29 is 38.2 Å². The summed E-state index contributed by atoms with van der Waals surface area (Å²) in [5, 5.41) is 11.6. The molecule has 0 fully saturated rings. The first-order valence-corrected chi connectivity index (χ1v) is 20.6. The second-order valence-electron chi connectivity index (χ2n) is 14.5. The van der Waals surface area contributed by atoms with Gasteiger partial charge in [0, 0.05) is 19.3 Å². The van der Waals surface area contributed by atoms with E-state index in [0.29, 0.717) is 12.8 Å². The summed E-state index contributed by atoms with van der Waals surface area (Å²) in [5.41, 5.74) is 0. The van der Waals surface area contributed by atoms with Gasteiger partial charge in [-0.2, -0.15) is 0 Å². The van der Waals surface area contributed by atoms with Crippen molar-refractivity contribution in [2.24, 2.45) is 0 Å². The molecule has 0 aliphatic rings. The number of ether oxygens (including phenoxy) is 3. The van der Waals surface area contributed by atoms with Gasteiger partial charge >= 0.3 is 11.9 Å². The smallest absolute Gasteiger partial charge is 0.306 e. The molecule has 0 aliphatic carbocycles. The number of allylic oxidation sites excluding steroid dienone is 14. The zero-order chi connectivity index (χ0) is 40.0. The monoisotopic (exact) mass is 754 g/mol. The van der Waals surface area contributed by atoms with Gasteiger partial charge in [0.05, 0.1) is 40.3 Å². The largest absolute Gasteiger partial charge is 0.544 e. The molecule has 0 rings (SSSR count). The fourth-order valence-electron chi connectivity index (χ4n) is 5.32. The van der Waals surface area contributed by atoms with E-state index in [-0.39, 0.29) is 49.1 Å². The second-order valence-corrected chi connectivity index (χ2v) is 14.5. The number of carboxylic acid groups (broad SMARTS) is 1. The van der Waals surface area contributed by atoms with Crippen molar-refractivity contribution >= 4 is 17.9 Å². The maximum Gasteiger partial charge on any atom is 0.306 e. The van der Waals surface area contributed by atoms with Crippen LogP contribution in [0, 0.1) is 0 Å². The zero-order valence-electron chi connectivity index (χ0n) is 34.6. The van der Waals surface area contributed by atoms with Crippen molar-refractivity contribution in [3.8, 4) is 0 Å². The molecule has 0 aliphatic heterocycles. The van der Waals surface area contributed by atoms with E-state index in [4.69, 9.17) is 14.2 Å². The first kappa shape index (κ1) is 50.5. The standard InChI is InChI=1S/C46H75NO7/c1-6-8-10-12-14-15-16-17-18-19-20-21-22-23-24-25-26-27-28-29-31-32-34-36-44(48)53-41-42(40-52-39-38-43(46(50)51)47(3,4)5)54-45(49)37-35-33-30-13-11-9-7-2/h8,10,14-15,17-18,20-21,23-24,26-27,30,33,42-43H,6-7,9,11-13,16,19,22,25,28-29,31-32,34-41H2,1-5H3/b10-8+,15-14+,18-17+,21-20+,24-23+,27-26+,33-30+. The summed E-state index contributed by atoms with van der Waals surface area (Å²) in [6, 6.07) is -0.737. The van der Waals surface area contributed by atoms with Crippen LogP contribution in [0.4, 0.5) is 0 Å². The number of rotatable bonds is 35. The molecule has 0 bridgehead atoms. The predicted molar refractivity (Wildman–Crippen MR) is 222 cm³/mol. The Balaban J connectivity index is 4.30. The average molecular weight is 754 g/mol. The van der Waals surface area contributed by atoms with Crippen LogP contribution >= 0.6 is 0 Å². The highest BCUT2D eigenvalue weighted by Gasteiger charge is 2.25. The van der Waals surface area contributed by atoms with E-state index < -0.39 is 18.1 Å². The molecule has 306 valence electrons. The lowest BCUT2D eigenvalue weighted by atomic mass is 10.1. The van der Waals surface area contributed by atoms with Crippen LogP contribution in [0.5, 0.6) is 0 Å². The molecule has 0 spiro atoms. The van der Waals surface area contributed by atoms with Crippen molar-refractivity contribution in [1.29, 1.82) is 0 Å². The van der Waals surface area contributed by atoms with Gasteiger partial charge in [0.15, 0.2) is 6.10 Å². The highest BCUT2D eigenvalue weighted by Crippen LogP contribution is 2.11. The fraction of sp³-hybridized carbons (Fsp3) is 0.630. The van der Waals surface area contributed by atoms with Gasteiger partial charge in [-0.1, -0.05) is 125 Å². The Bertz CT molecular complexity index is 1160. The van der Waals surface area contributed by atoms with Gasteiger partial charge in [0.2, 0.25) is 0 Å². The molecule has 0 heterocycles. The summed E-state index contributed by atoms with van der Waals surface area (Å²) in [6.07, 6.45) is 46.5. The van der Waals surface area contributed by atoms with E-state index in [1.807, 2.05) is 6.08 Å². The molecule has 0 aromatic carbocycles.